The minimum atomic E-state index is -0.162. The molecular formula is C22H24N2O4. The molecule has 1 saturated heterocycles. The maximum atomic E-state index is 12.6. The van der Waals surface area contributed by atoms with Crippen LogP contribution in [0, 0.1) is 0 Å². The van der Waals surface area contributed by atoms with E-state index in [2.05, 4.69) is 5.32 Å². The zero-order chi connectivity index (χ0) is 19.5. The molecule has 2 aliphatic rings. The van der Waals surface area contributed by atoms with Gasteiger partial charge in [0, 0.05) is 25.1 Å². The monoisotopic (exact) mass is 380 g/mol. The van der Waals surface area contributed by atoms with Crippen LogP contribution in [0.5, 0.6) is 11.5 Å². The summed E-state index contributed by atoms with van der Waals surface area (Å²) in [4.78, 5) is 26.2. The molecule has 2 aromatic rings. The Kier molecular flexibility index (Phi) is 5.19. The van der Waals surface area contributed by atoms with Gasteiger partial charge in [0.2, 0.25) is 5.91 Å². The van der Waals surface area contributed by atoms with Gasteiger partial charge in [0.1, 0.15) is 13.2 Å². The molecule has 0 radical (unpaired) electrons. The van der Waals surface area contributed by atoms with Crippen LogP contribution in [0.1, 0.15) is 47.3 Å². The van der Waals surface area contributed by atoms with Crippen LogP contribution in [-0.4, -0.2) is 36.5 Å². The van der Waals surface area contributed by atoms with Crippen molar-refractivity contribution < 1.29 is 19.1 Å². The van der Waals surface area contributed by atoms with Gasteiger partial charge in [-0.25, -0.2) is 0 Å². The number of likely N-dealkylation sites (tertiary alicyclic amines) is 1. The molecule has 28 heavy (non-hydrogen) atoms. The Bertz CT molecular complexity index is 879. The molecule has 0 saturated carbocycles. The predicted molar refractivity (Wildman–Crippen MR) is 104 cm³/mol. The molecule has 2 amide bonds. The van der Waals surface area contributed by atoms with Crippen molar-refractivity contribution in [2.75, 3.05) is 19.8 Å². The largest absolute Gasteiger partial charge is 0.486 e. The highest BCUT2D eigenvalue weighted by Gasteiger charge is 2.20. The molecule has 1 atom stereocenters. The number of ether oxygens (including phenoxy) is 2. The molecule has 146 valence electrons. The van der Waals surface area contributed by atoms with Crippen molar-refractivity contribution in [2.45, 2.75) is 32.4 Å². The lowest BCUT2D eigenvalue weighted by Gasteiger charge is -2.21. The summed E-state index contributed by atoms with van der Waals surface area (Å²) < 4.78 is 11.2. The highest BCUT2D eigenvalue weighted by atomic mass is 16.6. The maximum absolute atomic E-state index is 12.6. The first-order chi connectivity index (χ1) is 13.6. The Morgan fingerprint density at radius 2 is 1.86 bits per heavy atom. The Balaban J connectivity index is 1.38. The second kappa shape index (κ2) is 7.92. The number of fused-ring (bicyclic) bond motifs is 1. The number of hydrogen-bond acceptors (Lipinski definition) is 4. The molecule has 2 aromatic carbocycles. The van der Waals surface area contributed by atoms with Gasteiger partial charge in [-0.15, -0.1) is 0 Å². The van der Waals surface area contributed by atoms with Gasteiger partial charge >= 0.3 is 0 Å². The maximum Gasteiger partial charge on any atom is 0.251 e. The van der Waals surface area contributed by atoms with Crippen LogP contribution < -0.4 is 14.8 Å². The van der Waals surface area contributed by atoms with Crippen LogP contribution in [0.3, 0.4) is 0 Å². The van der Waals surface area contributed by atoms with Gasteiger partial charge in [0.25, 0.3) is 5.91 Å². The summed E-state index contributed by atoms with van der Waals surface area (Å²) in [6.07, 6.45) is 1.56. The second-order valence-electron chi connectivity index (χ2n) is 7.21. The Labute approximate surface area is 164 Å². The van der Waals surface area contributed by atoms with E-state index >= 15 is 0 Å². The molecule has 1 fully saturated rings. The van der Waals surface area contributed by atoms with Crippen LogP contribution in [0.15, 0.2) is 42.5 Å². The Morgan fingerprint density at radius 3 is 2.57 bits per heavy atom. The highest BCUT2D eigenvalue weighted by Crippen LogP contribution is 2.32. The summed E-state index contributed by atoms with van der Waals surface area (Å²) >= 11 is 0. The molecule has 0 bridgehead atoms. The van der Waals surface area contributed by atoms with Gasteiger partial charge in [-0.3, -0.25) is 9.59 Å². The molecule has 4 rings (SSSR count). The number of carbonyl (C=O) groups excluding carboxylic acids is 2. The van der Waals surface area contributed by atoms with E-state index in [9.17, 15) is 9.59 Å². The molecular weight excluding hydrogens is 356 g/mol. The first-order valence-electron chi connectivity index (χ1n) is 9.67. The average Bonchev–Trinajstić information content (AvgIpc) is 3.12. The van der Waals surface area contributed by atoms with E-state index in [1.165, 1.54) is 0 Å². The number of carbonyl (C=O) groups is 2. The van der Waals surface area contributed by atoms with E-state index in [-0.39, 0.29) is 17.9 Å². The highest BCUT2D eigenvalue weighted by molar-refractivity contribution is 5.94. The normalized spacial score (nSPS) is 16.8. The van der Waals surface area contributed by atoms with Gasteiger partial charge < -0.3 is 19.7 Å². The summed E-state index contributed by atoms with van der Waals surface area (Å²) in [5, 5.41) is 3.02. The summed E-state index contributed by atoms with van der Waals surface area (Å²) in [5.41, 5.74) is 2.59. The topological polar surface area (TPSA) is 67.9 Å². The fraction of sp³-hybridized carbons (Fsp3) is 0.364. The van der Waals surface area contributed by atoms with E-state index in [0.717, 1.165) is 29.8 Å². The van der Waals surface area contributed by atoms with E-state index in [0.29, 0.717) is 37.5 Å². The molecule has 2 heterocycles. The van der Waals surface area contributed by atoms with Gasteiger partial charge in [-0.05, 0) is 48.7 Å². The molecule has 0 aliphatic carbocycles. The molecule has 1 N–H and O–H groups in total. The van der Waals surface area contributed by atoms with Gasteiger partial charge in [-0.2, -0.15) is 0 Å². The average molecular weight is 380 g/mol. The standard InChI is InChI=1S/C22H24N2O4/c1-15(18-8-9-19-20(13-18)28-12-11-27-19)23-22(26)17-6-4-16(5-7-17)14-24-10-2-3-21(24)25/h4-9,13,15H,2-3,10-12,14H2,1H3,(H,23,26)/t15-/m1/s1. The molecule has 6 nitrogen and oxygen atoms in total. The lowest BCUT2D eigenvalue weighted by molar-refractivity contribution is -0.128. The fourth-order valence-electron chi connectivity index (χ4n) is 3.55. The lowest BCUT2D eigenvalue weighted by atomic mass is 10.1. The zero-order valence-corrected chi connectivity index (χ0v) is 15.9. The molecule has 0 unspecified atom stereocenters. The third-order valence-corrected chi connectivity index (χ3v) is 5.17. The van der Waals surface area contributed by atoms with Crippen molar-refractivity contribution in [3.63, 3.8) is 0 Å². The van der Waals surface area contributed by atoms with Gasteiger partial charge in [0.15, 0.2) is 11.5 Å². The van der Waals surface area contributed by atoms with Crippen molar-refractivity contribution in [3.05, 3.63) is 59.2 Å². The third-order valence-electron chi connectivity index (χ3n) is 5.17. The van der Waals surface area contributed by atoms with Crippen molar-refractivity contribution in [1.82, 2.24) is 10.2 Å². The SMILES string of the molecule is C[C@@H](NC(=O)c1ccc(CN2CCCC2=O)cc1)c1ccc2c(c1)OCCO2. The van der Waals surface area contributed by atoms with Crippen LogP contribution in [-0.2, 0) is 11.3 Å². The number of nitrogens with one attached hydrogen (secondary N) is 1. The number of nitrogens with zero attached hydrogens (tertiary/aromatic N) is 1. The lowest BCUT2D eigenvalue weighted by Crippen LogP contribution is -2.27. The number of amides is 2. The first kappa shape index (κ1) is 18.3. The predicted octanol–water partition coefficient (Wildman–Crippen LogP) is 3.07. The van der Waals surface area contributed by atoms with Crippen LogP contribution in [0.4, 0.5) is 0 Å². The van der Waals surface area contributed by atoms with Gasteiger partial charge in [0.05, 0.1) is 6.04 Å². The first-order valence-corrected chi connectivity index (χ1v) is 9.67. The summed E-state index contributed by atoms with van der Waals surface area (Å²) in [5.74, 6) is 1.52. The van der Waals surface area contributed by atoms with Crippen molar-refractivity contribution in [2.24, 2.45) is 0 Å². The van der Waals surface area contributed by atoms with Crippen LogP contribution in [0.2, 0.25) is 0 Å². The number of hydrogen-bond donors (Lipinski definition) is 1. The number of benzene rings is 2. The molecule has 6 heteroatoms. The number of rotatable bonds is 5. The summed E-state index contributed by atoms with van der Waals surface area (Å²) in [6.45, 7) is 4.45. The van der Waals surface area contributed by atoms with Crippen LogP contribution >= 0.6 is 0 Å². The summed E-state index contributed by atoms with van der Waals surface area (Å²) in [7, 11) is 0. The van der Waals surface area contributed by atoms with E-state index in [1.807, 2.05) is 54.3 Å². The third kappa shape index (κ3) is 3.96. The van der Waals surface area contributed by atoms with E-state index in [1.54, 1.807) is 0 Å². The molecule has 0 spiro atoms. The quantitative estimate of drug-likeness (QED) is 0.866. The minimum absolute atomic E-state index is 0.133. The Hall–Kier alpha value is -3.02. The summed E-state index contributed by atoms with van der Waals surface area (Å²) in [6, 6.07) is 13.0. The Morgan fingerprint density at radius 1 is 1.11 bits per heavy atom. The van der Waals surface area contributed by atoms with E-state index < -0.39 is 0 Å². The fourth-order valence-corrected chi connectivity index (χ4v) is 3.55. The van der Waals surface area contributed by atoms with Crippen LogP contribution in [0.25, 0.3) is 0 Å². The van der Waals surface area contributed by atoms with Crippen molar-refractivity contribution >= 4 is 11.8 Å². The van der Waals surface area contributed by atoms with E-state index in [4.69, 9.17) is 9.47 Å². The smallest absolute Gasteiger partial charge is 0.251 e. The van der Waals surface area contributed by atoms with Crippen molar-refractivity contribution in [1.29, 1.82) is 0 Å². The van der Waals surface area contributed by atoms with Gasteiger partial charge in [-0.1, -0.05) is 18.2 Å². The molecule has 2 aliphatic heterocycles. The zero-order valence-electron chi connectivity index (χ0n) is 15.9. The minimum Gasteiger partial charge on any atom is -0.486 e. The second-order valence-corrected chi connectivity index (χ2v) is 7.21. The van der Waals surface area contributed by atoms with Crippen molar-refractivity contribution in [3.8, 4) is 11.5 Å². The molecule has 0 aromatic heterocycles.